The van der Waals surface area contributed by atoms with Gasteiger partial charge in [-0.2, -0.15) is 0 Å². The van der Waals surface area contributed by atoms with Crippen LogP contribution in [0.25, 0.3) is 0 Å². The van der Waals surface area contributed by atoms with Crippen LogP contribution in [0.15, 0.2) is 36.4 Å². The van der Waals surface area contributed by atoms with Gasteiger partial charge in [0.05, 0.1) is 6.10 Å². The normalized spacial score (nSPS) is 28.7. The van der Waals surface area contributed by atoms with Crippen molar-refractivity contribution in [1.29, 1.82) is 0 Å². The molecule has 1 aromatic carbocycles. The Hall–Kier alpha value is -1.52. The summed E-state index contributed by atoms with van der Waals surface area (Å²) in [6.07, 6.45) is 16.6. The summed E-state index contributed by atoms with van der Waals surface area (Å²) in [5.41, 5.74) is 2.60. The molecule has 2 fully saturated rings. The predicted molar refractivity (Wildman–Crippen MR) is 115 cm³/mol. The van der Waals surface area contributed by atoms with Crippen molar-refractivity contribution in [2.75, 3.05) is 6.61 Å². The minimum atomic E-state index is 0.486. The van der Waals surface area contributed by atoms with Crippen LogP contribution in [0.5, 0.6) is 0 Å². The van der Waals surface area contributed by atoms with Crippen molar-refractivity contribution in [2.24, 2.45) is 11.8 Å². The minimum Gasteiger partial charge on any atom is -0.379 e. The molecule has 0 N–H and O–H groups in total. The second-order valence-corrected chi connectivity index (χ2v) is 8.37. The van der Waals surface area contributed by atoms with Crippen molar-refractivity contribution in [3.8, 4) is 11.8 Å². The van der Waals surface area contributed by atoms with Crippen molar-refractivity contribution < 1.29 is 4.74 Å². The molecular formula is C26H36O. The van der Waals surface area contributed by atoms with E-state index < -0.39 is 0 Å². The molecule has 0 saturated heterocycles. The first-order valence-corrected chi connectivity index (χ1v) is 11.2. The highest BCUT2D eigenvalue weighted by Crippen LogP contribution is 2.34. The highest BCUT2D eigenvalue weighted by atomic mass is 16.5. The minimum absolute atomic E-state index is 0.486. The maximum atomic E-state index is 5.77. The summed E-state index contributed by atoms with van der Waals surface area (Å²) in [6.45, 7) is 5.26. The summed E-state index contributed by atoms with van der Waals surface area (Å²) in [4.78, 5) is 0. The van der Waals surface area contributed by atoms with Gasteiger partial charge in [-0.05, 0) is 99.8 Å². The number of rotatable bonds is 5. The zero-order valence-electron chi connectivity index (χ0n) is 17.3. The Labute approximate surface area is 166 Å². The van der Waals surface area contributed by atoms with E-state index in [1.165, 1.54) is 63.4 Å². The molecule has 0 atom stereocenters. The van der Waals surface area contributed by atoms with Crippen molar-refractivity contribution in [3.05, 3.63) is 47.5 Å². The van der Waals surface area contributed by atoms with Crippen LogP contribution >= 0.6 is 0 Å². The van der Waals surface area contributed by atoms with Gasteiger partial charge >= 0.3 is 0 Å². The summed E-state index contributed by atoms with van der Waals surface area (Å²) < 4.78 is 5.77. The maximum absolute atomic E-state index is 5.77. The van der Waals surface area contributed by atoms with Crippen LogP contribution < -0.4 is 0 Å². The van der Waals surface area contributed by atoms with Crippen LogP contribution in [0, 0.1) is 23.7 Å². The average Bonchev–Trinajstić information content (AvgIpc) is 2.73. The molecule has 0 spiro atoms. The lowest BCUT2D eigenvalue weighted by Crippen LogP contribution is -2.20. The standard InChI is InChI=1S/C26H36O/c1-3-21-9-11-22(12-10-21)7-5-6-8-23-13-15-24(16-14-23)25-17-19-26(20-18-25)27-4-2/h5,7,13-16,21-22,25-26H,3-4,9-12,17-20H2,1-2H3/b7-5+/t21-,22-,25-,26-. The summed E-state index contributed by atoms with van der Waals surface area (Å²) in [5.74, 6) is 8.96. The molecule has 0 aromatic heterocycles. The number of benzene rings is 1. The third kappa shape index (κ3) is 6.25. The lowest BCUT2D eigenvalue weighted by atomic mass is 9.81. The van der Waals surface area contributed by atoms with Gasteiger partial charge in [0.1, 0.15) is 0 Å². The maximum Gasteiger partial charge on any atom is 0.0575 e. The third-order valence-electron chi connectivity index (χ3n) is 6.60. The van der Waals surface area contributed by atoms with Gasteiger partial charge in [-0.1, -0.05) is 43.4 Å². The van der Waals surface area contributed by atoms with E-state index in [0.29, 0.717) is 12.0 Å². The Morgan fingerprint density at radius 3 is 2.26 bits per heavy atom. The molecule has 0 amide bonds. The molecule has 2 saturated carbocycles. The Kier molecular flexibility index (Phi) is 8.03. The molecule has 2 aliphatic carbocycles. The van der Waals surface area contributed by atoms with Gasteiger partial charge in [-0.25, -0.2) is 0 Å². The van der Waals surface area contributed by atoms with Crippen molar-refractivity contribution in [3.63, 3.8) is 0 Å². The average molecular weight is 365 g/mol. The van der Waals surface area contributed by atoms with E-state index in [-0.39, 0.29) is 0 Å². The van der Waals surface area contributed by atoms with Crippen LogP contribution in [0.2, 0.25) is 0 Å². The molecule has 0 aliphatic heterocycles. The second kappa shape index (κ2) is 10.7. The quantitative estimate of drug-likeness (QED) is 0.518. The fourth-order valence-corrected chi connectivity index (χ4v) is 4.74. The molecule has 0 radical (unpaired) electrons. The summed E-state index contributed by atoms with van der Waals surface area (Å²) >= 11 is 0. The van der Waals surface area contributed by atoms with Crippen LogP contribution in [0.1, 0.15) is 88.7 Å². The molecule has 0 unspecified atom stereocenters. The van der Waals surface area contributed by atoms with E-state index in [0.717, 1.165) is 24.0 Å². The molecule has 1 aromatic rings. The van der Waals surface area contributed by atoms with Gasteiger partial charge < -0.3 is 4.74 Å². The fourth-order valence-electron chi connectivity index (χ4n) is 4.74. The molecule has 3 rings (SSSR count). The molecule has 0 bridgehead atoms. The lowest BCUT2D eigenvalue weighted by molar-refractivity contribution is 0.0328. The SMILES string of the molecule is CCO[C@H]1CC[C@H](c2ccc(C#C/C=C/[C@H]3CC[C@H](CC)CC3)cc2)CC1. The monoisotopic (exact) mass is 364 g/mol. The summed E-state index contributed by atoms with van der Waals surface area (Å²) in [6, 6.07) is 8.95. The Bertz CT molecular complexity index is 629. The van der Waals surface area contributed by atoms with Crippen molar-refractivity contribution in [2.45, 2.75) is 83.7 Å². The zero-order valence-corrected chi connectivity index (χ0v) is 17.3. The van der Waals surface area contributed by atoms with Gasteiger partial charge in [0.25, 0.3) is 0 Å². The van der Waals surface area contributed by atoms with E-state index in [1.807, 2.05) is 0 Å². The number of ether oxygens (including phenoxy) is 1. The fraction of sp³-hybridized carbons (Fsp3) is 0.615. The Morgan fingerprint density at radius 2 is 1.63 bits per heavy atom. The first-order chi connectivity index (χ1) is 13.3. The predicted octanol–water partition coefficient (Wildman–Crippen LogP) is 6.87. The molecule has 1 nitrogen and oxygen atoms in total. The Balaban J connectivity index is 1.46. The van der Waals surface area contributed by atoms with Gasteiger partial charge in [-0.3, -0.25) is 0 Å². The molecular weight excluding hydrogens is 328 g/mol. The first-order valence-electron chi connectivity index (χ1n) is 11.2. The van der Waals surface area contributed by atoms with E-state index >= 15 is 0 Å². The van der Waals surface area contributed by atoms with Gasteiger partial charge in [0, 0.05) is 12.2 Å². The van der Waals surface area contributed by atoms with E-state index in [9.17, 15) is 0 Å². The van der Waals surface area contributed by atoms with Crippen LogP contribution in [0.4, 0.5) is 0 Å². The number of allylic oxidation sites excluding steroid dienone is 2. The van der Waals surface area contributed by atoms with E-state index in [4.69, 9.17) is 4.74 Å². The van der Waals surface area contributed by atoms with E-state index in [2.05, 4.69) is 62.1 Å². The summed E-state index contributed by atoms with van der Waals surface area (Å²) in [7, 11) is 0. The third-order valence-corrected chi connectivity index (χ3v) is 6.60. The highest BCUT2D eigenvalue weighted by molar-refractivity contribution is 5.39. The zero-order chi connectivity index (χ0) is 18.9. The van der Waals surface area contributed by atoms with Crippen molar-refractivity contribution >= 4 is 0 Å². The lowest BCUT2D eigenvalue weighted by Gasteiger charge is -2.28. The van der Waals surface area contributed by atoms with Gasteiger partial charge in [0.2, 0.25) is 0 Å². The molecule has 2 aliphatic rings. The topological polar surface area (TPSA) is 9.23 Å². The Morgan fingerprint density at radius 1 is 0.926 bits per heavy atom. The number of hydrogen-bond acceptors (Lipinski definition) is 1. The first kappa shape index (κ1) is 20.2. The van der Waals surface area contributed by atoms with Gasteiger partial charge in [0.15, 0.2) is 0 Å². The molecule has 146 valence electrons. The molecule has 1 heteroatoms. The smallest absolute Gasteiger partial charge is 0.0575 e. The van der Waals surface area contributed by atoms with Crippen LogP contribution in [-0.4, -0.2) is 12.7 Å². The second-order valence-electron chi connectivity index (χ2n) is 8.37. The highest BCUT2D eigenvalue weighted by Gasteiger charge is 2.22. The van der Waals surface area contributed by atoms with Crippen molar-refractivity contribution in [1.82, 2.24) is 0 Å². The number of hydrogen-bond donors (Lipinski definition) is 0. The van der Waals surface area contributed by atoms with Crippen LogP contribution in [0.3, 0.4) is 0 Å². The van der Waals surface area contributed by atoms with E-state index in [1.54, 1.807) is 0 Å². The molecule has 27 heavy (non-hydrogen) atoms. The summed E-state index contributed by atoms with van der Waals surface area (Å²) in [5, 5.41) is 0. The largest absolute Gasteiger partial charge is 0.379 e. The van der Waals surface area contributed by atoms with Gasteiger partial charge in [-0.15, -0.1) is 0 Å². The van der Waals surface area contributed by atoms with Crippen LogP contribution in [-0.2, 0) is 4.74 Å². The molecule has 0 heterocycles.